The van der Waals surface area contributed by atoms with Crippen LogP contribution in [0, 0.1) is 0 Å². The summed E-state index contributed by atoms with van der Waals surface area (Å²) in [5.41, 5.74) is 2.60. The topological polar surface area (TPSA) is 30.0 Å². The monoisotopic (exact) mass is 438 g/mol. The van der Waals surface area contributed by atoms with Gasteiger partial charge in [0.2, 0.25) is 0 Å². The summed E-state index contributed by atoms with van der Waals surface area (Å²) in [4.78, 5) is 20.5. The first-order valence-corrected chi connectivity index (χ1v) is 10.6. The van der Waals surface area contributed by atoms with E-state index in [0.29, 0.717) is 27.4 Å². The zero-order chi connectivity index (χ0) is 20.6. The number of hydrogen-bond donors (Lipinski definition) is 0. The van der Waals surface area contributed by atoms with E-state index in [-0.39, 0.29) is 5.91 Å². The maximum Gasteiger partial charge on any atom is 0.276 e. The number of halogens is 2. The van der Waals surface area contributed by atoms with Crippen molar-refractivity contribution in [1.82, 2.24) is 9.80 Å². The number of nitrogens with zero attached hydrogens (tertiary/aromatic N) is 4. The Balaban J connectivity index is 2.02. The number of anilines is 2. The summed E-state index contributed by atoms with van der Waals surface area (Å²) < 4.78 is 0. The van der Waals surface area contributed by atoms with Gasteiger partial charge in [-0.3, -0.25) is 9.69 Å². The van der Waals surface area contributed by atoms with Crippen LogP contribution in [0.15, 0.2) is 35.8 Å². The number of carbonyl (C=O) groups excluding carboxylic acids is 1. The van der Waals surface area contributed by atoms with Crippen LogP contribution in [0.5, 0.6) is 0 Å². The molecule has 8 heteroatoms. The van der Waals surface area contributed by atoms with Crippen LogP contribution in [0.2, 0.25) is 10.0 Å². The largest absolute Gasteiger partial charge is 0.326 e. The smallest absolute Gasteiger partial charge is 0.276 e. The number of hydrogen-bond acceptors (Lipinski definition) is 4. The van der Waals surface area contributed by atoms with Crippen LogP contribution in [0.3, 0.4) is 0 Å². The molecule has 28 heavy (non-hydrogen) atoms. The Morgan fingerprint density at radius 2 is 1.50 bits per heavy atom. The van der Waals surface area contributed by atoms with E-state index in [4.69, 9.17) is 35.4 Å². The van der Waals surface area contributed by atoms with Crippen molar-refractivity contribution < 1.29 is 4.79 Å². The highest BCUT2D eigenvalue weighted by Gasteiger charge is 2.35. The summed E-state index contributed by atoms with van der Waals surface area (Å²) in [5, 5.41) is 1.60. The van der Waals surface area contributed by atoms with Crippen LogP contribution in [0.1, 0.15) is 27.2 Å². The highest BCUT2D eigenvalue weighted by atomic mass is 35.5. The fourth-order valence-electron chi connectivity index (χ4n) is 3.61. The molecule has 1 saturated heterocycles. The lowest BCUT2D eigenvalue weighted by Crippen LogP contribution is -2.31. The Hall–Kier alpha value is -1.76. The Morgan fingerprint density at radius 3 is 1.96 bits per heavy atom. The first-order valence-electron chi connectivity index (χ1n) is 9.41. The summed E-state index contributed by atoms with van der Waals surface area (Å²) in [6, 6.07) is 3.79. The standard InChI is InChI=1S/C20H24Cl2N4OS/c1-5-10-26-19(27)15(23(4)20(26)28)8-9-18-24(6-2)16-11-13(21)14(22)12-17(16)25(18)7-3/h8-9,11-12H,5-7,10H2,1-4H3/b15-8+. The fraction of sp³-hybridized carbons (Fsp3) is 0.400. The summed E-state index contributed by atoms with van der Waals surface area (Å²) in [7, 11) is 1.83. The Morgan fingerprint density at radius 1 is 0.964 bits per heavy atom. The number of rotatable bonds is 5. The maximum absolute atomic E-state index is 12.8. The third kappa shape index (κ3) is 3.38. The van der Waals surface area contributed by atoms with Crippen LogP contribution < -0.4 is 9.80 Å². The quantitative estimate of drug-likeness (QED) is 0.483. The maximum atomic E-state index is 12.8. The first-order chi connectivity index (χ1) is 13.3. The molecule has 2 heterocycles. The van der Waals surface area contributed by atoms with Gasteiger partial charge in [0.15, 0.2) is 5.11 Å². The number of likely N-dealkylation sites (N-methyl/N-ethyl adjacent to an activating group) is 1. The molecule has 0 aliphatic carbocycles. The highest BCUT2D eigenvalue weighted by Crippen LogP contribution is 2.45. The molecular formula is C20H24Cl2N4OS. The molecule has 0 N–H and O–H groups in total. The molecule has 5 nitrogen and oxygen atoms in total. The average molecular weight is 439 g/mol. The van der Waals surface area contributed by atoms with E-state index in [9.17, 15) is 4.79 Å². The molecule has 0 bridgehead atoms. The highest BCUT2D eigenvalue weighted by molar-refractivity contribution is 7.80. The van der Waals surface area contributed by atoms with Crippen LogP contribution in [-0.2, 0) is 4.79 Å². The lowest BCUT2D eigenvalue weighted by Gasteiger charge is -2.23. The second kappa shape index (κ2) is 8.31. The summed E-state index contributed by atoms with van der Waals surface area (Å²) in [5.74, 6) is 0.922. The van der Waals surface area contributed by atoms with Gasteiger partial charge in [0.1, 0.15) is 11.5 Å². The molecule has 0 aromatic heterocycles. The van der Waals surface area contributed by atoms with Gasteiger partial charge in [0.25, 0.3) is 5.91 Å². The van der Waals surface area contributed by atoms with E-state index in [0.717, 1.165) is 36.7 Å². The number of thiocarbonyl (C=S) groups is 1. The molecule has 1 aromatic carbocycles. The fourth-order valence-corrected chi connectivity index (χ4v) is 4.19. The first kappa shape index (κ1) is 21.0. The van der Waals surface area contributed by atoms with E-state index in [1.54, 1.807) is 9.80 Å². The second-order valence-electron chi connectivity index (χ2n) is 6.62. The number of benzene rings is 1. The van der Waals surface area contributed by atoms with Crippen molar-refractivity contribution in [3.63, 3.8) is 0 Å². The van der Waals surface area contributed by atoms with Crippen molar-refractivity contribution in [3.8, 4) is 0 Å². The molecule has 150 valence electrons. The van der Waals surface area contributed by atoms with Gasteiger partial charge in [0.05, 0.1) is 21.4 Å². The van der Waals surface area contributed by atoms with Gasteiger partial charge in [-0.05, 0) is 56.8 Å². The third-order valence-electron chi connectivity index (χ3n) is 4.97. The number of carbonyl (C=O) groups is 1. The van der Waals surface area contributed by atoms with Crippen molar-refractivity contribution in [2.24, 2.45) is 0 Å². The van der Waals surface area contributed by atoms with Gasteiger partial charge < -0.3 is 14.7 Å². The Labute approximate surface area is 181 Å². The molecule has 1 fully saturated rings. The third-order valence-corrected chi connectivity index (χ3v) is 6.18. The van der Waals surface area contributed by atoms with Crippen molar-refractivity contribution >= 4 is 57.8 Å². The SMILES string of the molecule is CCCN1C(=O)/C(=C\C=C2N(CC)c3cc(Cl)c(Cl)cc3N2CC)N(C)C1=S. The van der Waals surface area contributed by atoms with Gasteiger partial charge in [-0.25, -0.2) is 0 Å². The lowest BCUT2D eigenvalue weighted by molar-refractivity contribution is -0.122. The predicted octanol–water partition coefficient (Wildman–Crippen LogP) is 4.85. The van der Waals surface area contributed by atoms with E-state index in [2.05, 4.69) is 23.6 Å². The minimum Gasteiger partial charge on any atom is -0.326 e. The predicted molar refractivity (Wildman–Crippen MR) is 121 cm³/mol. The van der Waals surface area contributed by atoms with Crippen LogP contribution in [0.4, 0.5) is 11.4 Å². The molecule has 0 unspecified atom stereocenters. The zero-order valence-electron chi connectivity index (χ0n) is 16.5. The molecular weight excluding hydrogens is 415 g/mol. The van der Waals surface area contributed by atoms with Crippen molar-refractivity contribution in [2.45, 2.75) is 27.2 Å². The van der Waals surface area contributed by atoms with Gasteiger partial charge >= 0.3 is 0 Å². The summed E-state index contributed by atoms with van der Waals surface area (Å²) >= 11 is 17.9. The van der Waals surface area contributed by atoms with Crippen molar-refractivity contribution in [1.29, 1.82) is 0 Å². The normalized spacial score (nSPS) is 18.1. The summed E-state index contributed by atoms with van der Waals surface area (Å²) in [6.45, 7) is 8.35. The number of amides is 1. The zero-order valence-corrected chi connectivity index (χ0v) is 18.8. The van der Waals surface area contributed by atoms with Crippen LogP contribution >= 0.6 is 35.4 Å². The molecule has 2 aliphatic rings. The average Bonchev–Trinajstić information content (AvgIpc) is 3.06. The summed E-state index contributed by atoms with van der Waals surface area (Å²) in [6.07, 6.45) is 4.68. The number of fused-ring (bicyclic) bond motifs is 1. The molecule has 0 spiro atoms. The van der Waals surface area contributed by atoms with E-state index in [1.165, 1.54) is 0 Å². The van der Waals surface area contributed by atoms with Gasteiger partial charge in [0, 0.05) is 26.7 Å². The van der Waals surface area contributed by atoms with Crippen molar-refractivity contribution in [2.75, 3.05) is 36.5 Å². The molecule has 0 radical (unpaired) electrons. The molecule has 0 saturated carbocycles. The van der Waals surface area contributed by atoms with Gasteiger partial charge in [-0.1, -0.05) is 30.1 Å². The molecule has 3 rings (SSSR count). The Kier molecular flexibility index (Phi) is 6.22. The van der Waals surface area contributed by atoms with Crippen LogP contribution in [-0.4, -0.2) is 47.5 Å². The molecule has 1 amide bonds. The van der Waals surface area contributed by atoms with Gasteiger partial charge in [-0.15, -0.1) is 0 Å². The number of allylic oxidation sites excluding steroid dienone is 2. The molecule has 1 aromatic rings. The Bertz CT molecular complexity index is 844. The van der Waals surface area contributed by atoms with E-state index >= 15 is 0 Å². The van der Waals surface area contributed by atoms with E-state index < -0.39 is 0 Å². The van der Waals surface area contributed by atoms with Crippen LogP contribution in [0.25, 0.3) is 0 Å². The lowest BCUT2D eigenvalue weighted by atomic mass is 10.2. The second-order valence-corrected chi connectivity index (χ2v) is 7.80. The minimum atomic E-state index is -0.0566. The molecule has 2 aliphatic heterocycles. The molecule has 0 atom stereocenters. The van der Waals surface area contributed by atoms with Gasteiger partial charge in [-0.2, -0.15) is 0 Å². The minimum absolute atomic E-state index is 0.0566. The van der Waals surface area contributed by atoms with E-state index in [1.807, 2.05) is 38.3 Å². The van der Waals surface area contributed by atoms with Crippen molar-refractivity contribution in [3.05, 3.63) is 45.8 Å².